The molecule has 1 aromatic heterocycles. The van der Waals surface area contributed by atoms with Crippen molar-refractivity contribution < 1.29 is 14.3 Å². The summed E-state index contributed by atoms with van der Waals surface area (Å²) in [7, 11) is 0. The monoisotopic (exact) mass is 274 g/mol. The van der Waals surface area contributed by atoms with Crippen LogP contribution in [-0.4, -0.2) is 27.8 Å². The molecule has 1 unspecified atom stereocenters. The van der Waals surface area contributed by atoms with Gasteiger partial charge in [-0.3, -0.25) is 4.79 Å². The van der Waals surface area contributed by atoms with Crippen molar-refractivity contribution >= 4 is 17.6 Å². The van der Waals surface area contributed by atoms with Gasteiger partial charge >= 0.3 is 5.97 Å². The Balaban J connectivity index is 2.19. The quantitative estimate of drug-likeness (QED) is 0.622. The van der Waals surface area contributed by atoms with E-state index in [1.54, 1.807) is 30.5 Å². The summed E-state index contributed by atoms with van der Waals surface area (Å²) in [6.07, 6.45) is 0.575. The first kappa shape index (κ1) is 13.6. The SMILES string of the molecule is CC(OC(=O)c1ccn(-c2ccccc2N)n1)C(N)=O. The summed E-state index contributed by atoms with van der Waals surface area (Å²) in [5.74, 6) is -1.44. The number of ether oxygens (including phenoxy) is 1. The molecule has 0 fully saturated rings. The fourth-order valence-corrected chi connectivity index (χ4v) is 1.54. The number of hydrogen-bond acceptors (Lipinski definition) is 5. The first-order valence-electron chi connectivity index (χ1n) is 5.90. The zero-order valence-corrected chi connectivity index (χ0v) is 10.8. The fraction of sp³-hybridized carbons (Fsp3) is 0.154. The van der Waals surface area contributed by atoms with E-state index in [4.69, 9.17) is 16.2 Å². The van der Waals surface area contributed by atoms with Crippen LogP contribution >= 0.6 is 0 Å². The average molecular weight is 274 g/mol. The number of nitrogens with zero attached hydrogens (tertiary/aromatic N) is 2. The summed E-state index contributed by atoms with van der Waals surface area (Å²) in [6.45, 7) is 1.40. The van der Waals surface area contributed by atoms with E-state index in [1.165, 1.54) is 17.7 Å². The molecular weight excluding hydrogens is 260 g/mol. The standard InChI is InChI=1S/C13H14N4O3/c1-8(12(15)18)20-13(19)10-6-7-17(16-10)11-5-3-2-4-9(11)14/h2-8H,14H2,1H3,(H2,15,18). The second-order valence-corrected chi connectivity index (χ2v) is 4.15. The van der Waals surface area contributed by atoms with Gasteiger partial charge in [-0.2, -0.15) is 5.10 Å². The van der Waals surface area contributed by atoms with Gasteiger partial charge in [0.2, 0.25) is 0 Å². The molecular formula is C13H14N4O3. The number of nitrogens with two attached hydrogens (primary N) is 2. The Labute approximate surface area is 115 Å². The van der Waals surface area contributed by atoms with E-state index in [1.807, 2.05) is 0 Å². The number of carbonyl (C=O) groups is 2. The molecule has 0 bridgehead atoms. The number of rotatable bonds is 4. The number of primary amides is 1. The van der Waals surface area contributed by atoms with Crippen LogP contribution in [0.4, 0.5) is 5.69 Å². The van der Waals surface area contributed by atoms with Crippen LogP contribution in [0, 0.1) is 0 Å². The maximum atomic E-state index is 11.8. The third-order valence-corrected chi connectivity index (χ3v) is 2.67. The first-order valence-corrected chi connectivity index (χ1v) is 5.90. The average Bonchev–Trinajstić information content (AvgIpc) is 2.88. The van der Waals surface area contributed by atoms with Crippen LogP contribution in [-0.2, 0) is 9.53 Å². The number of amides is 1. The molecule has 0 spiro atoms. The lowest BCUT2D eigenvalue weighted by atomic mass is 10.3. The maximum Gasteiger partial charge on any atom is 0.359 e. The molecule has 1 atom stereocenters. The largest absolute Gasteiger partial charge is 0.448 e. The molecule has 2 rings (SSSR count). The normalized spacial score (nSPS) is 11.8. The van der Waals surface area contributed by atoms with Crippen molar-refractivity contribution in [1.29, 1.82) is 0 Å². The van der Waals surface area contributed by atoms with Gasteiger partial charge in [0.05, 0.1) is 11.4 Å². The van der Waals surface area contributed by atoms with E-state index in [0.29, 0.717) is 11.4 Å². The Hall–Kier alpha value is -2.83. The van der Waals surface area contributed by atoms with E-state index < -0.39 is 18.0 Å². The molecule has 1 heterocycles. The van der Waals surface area contributed by atoms with E-state index in [-0.39, 0.29) is 5.69 Å². The molecule has 0 saturated heterocycles. The van der Waals surface area contributed by atoms with Crippen molar-refractivity contribution in [2.45, 2.75) is 13.0 Å². The van der Waals surface area contributed by atoms with Gasteiger partial charge in [0.25, 0.3) is 5.91 Å². The molecule has 0 aliphatic carbocycles. The van der Waals surface area contributed by atoms with Crippen molar-refractivity contribution in [3.8, 4) is 5.69 Å². The second-order valence-electron chi connectivity index (χ2n) is 4.15. The number of para-hydroxylation sites is 2. The summed E-state index contributed by atoms with van der Waals surface area (Å²) in [5, 5.41) is 4.06. The zero-order valence-electron chi connectivity index (χ0n) is 10.8. The molecule has 1 amide bonds. The fourth-order valence-electron chi connectivity index (χ4n) is 1.54. The summed E-state index contributed by atoms with van der Waals surface area (Å²) < 4.78 is 6.32. The van der Waals surface area contributed by atoms with E-state index in [2.05, 4.69) is 5.10 Å². The van der Waals surface area contributed by atoms with Gasteiger partial charge in [0, 0.05) is 6.20 Å². The molecule has 0 aliphatic heterocycles. The van der Waals surface area contributed by atoms with E-state index in [9.17, 15) is 9.59 Å². The number of carbonyl (C=O) groups excluding carboxylic acids is 2. The summed E-state index contributed by atoms with van der Waals surface area (Å²) >= 11 is 0. The number of benzene rings is 1. The van der Waals surface area contributed by atoms with Gasteiger partial charge in [0.15, 0.2) is 11.8 Å². The summed E-state index contributed by atoms with van der Waals surface area (Å²) in [6, 6.07) is 8.57. The van der Waals surface area contributed by atoms with Crippen molar-refractivity contribution in [3.05, 3.63) is 42.2 Å². The lowest BCUT2D eigenvalue weighted by Crippen LogP contribution is -2.30. The molecule has 0 aliphatic rings. The zero-order chi connectivity index (χ0) is 14.7. The topological polar surface area (TPSA) is 113 Å². The van der Waals surface area contributed by atoms with Crippen LogP contribution in [0.15, 0.2) is 36.5 Å². The smallest absolute Gasteiger partial charge is 0.359 e. The summed E-state index contributed by atoms with van der Waals surface area (Å²) in [4.78, 5) is 22.6. The molecule has 4 N–H and O–H groups in total. The predicted molar refractivity (Wildman–Crippen MR) is 72.0 cm³/mol. The molecule has 0 radical (unpaired) electrons. The second kappa shape index (κ2) is 5.43. The number of hydrogen-bond donors (Lipinski definition) is 2. The highest BCUT2D eigenvalue weighted by Gasteiger charge is 2.18. The van der Waals surface area contributed by atoms with Gasteiger partial charge in [0.1, 0.15) is 0 Å². The van der Waals surface area contributed by atoms with Crippen LogP contribution in [0.25, 0.3) is 5.69 Å². The van der Waals surface area contributed by atoms with Gasteiger partial charge < -0.3 is 16.2 Å². The molecule has 0 saturated carbocycles. The molecule has 20 heavy (non-hydrogen) atoms. The van der Waals surface area contributed by atoms with Gasteiger partial charge in [-0.25, -0.2) is 9.48 Å². The molecule has 7 heteroatoms. The highest BCUT2D eigenvalue weighted by Crippen LogP contribution is 2.16. The van der Waals surface area contributed by atoms with Crippen LogP contribution in [0.3, 0.4) is 0 Å². The number of esters is 1. The Morgan fingerprint density at radius 1 is 1.30 bits per heavy atom. The minimum absolute atomic E-state index is 0.0707. The third kappa shape index (κ3) is 2.77. The highest BCUT2D eigenvalue weighted by atomic mass is 16.5. The minimum atomic E-state index is -1.01. The number of nitrogen functional groups attached to an aromatic ring is 1. The van der Waals surface area contributed by atoms with Gasteiger partial charge in [-0.15, -0.1) is 0 Å². The van der Waals surface area contributed by atoms with Crippen LogP contribution in [0.2, 0.25) is 0 Å². The lowest BCUT2D eigenvalue weighted by Gasteiger charge is -2.08. The van der Waals surface area contributed by atoms with Crippen molar-refractivity contribution in [3.63, 3.8) is 0 Å². The van der Waals surface area contributed by atoms with Crippen LogP contribution < -0.4 is 11.5 Å². The van der Waals surface area contributed by atoms with Crippen molar-refractivity contribution in [1.82, 2.24) is 9.78 Å². The van der Waals surface area contributed by atoms with E-state index in [0.717, 1.165) is 0 Å². The first-order chi connectivity index (χ1) is 9.49. The number of aromatic nitrogens is 2. The lowest BCUT2D eigenvalue weighted by molar-refractivity contribution is -0.125. The molecule has 104 valence electrons. The Morgan fingerprint density at radius 2 is 2.00 bits per heavy atom. The Morgan fingerprint density at radius 3 is 2.65 bits per heavy atom. The van der Waals surface area contributed by atoms with E-state index >= 15 is 0 Å². The minimum Gasteiger partial charge on any atom is -0.448 e. The maximum absolute atomic E-state index is 11.8. The van der Waals surface area contributed by atoms with Crippen molar-refractivity contribution in [2.75, 3.05) is 5.73 Å². The Kier molecular flexibility index (Phi) is 3.69. The van der Waals surface area contributed by atoms with Gasteiger partial charge in [-0.1, -0.05) is 12.1 Å². The van der Waals surface area contributed by atoms with Gasteiger partial charge in [-0.05, 0) is 25.1 Å². The van der Waals surface area contributed by atoms with Crippen LogP contribution in [0.1, 0.15) is 17.4 Å². The summed E-state index contributed by atoms with van der Waals surface area (Å²) in [5.41, 5.74) is 12.1. The van der Waals surface area contributed by atoms with Crippen molar-refractivity contribution in [2.24, 2.45) is 5.73 Å². The molecule has 7 nitrogen and oxygen atoms in total. The third-order valence-electron chi connectivity index (χ3n) is 2.67. The molecule has 1 aromatic carbocycles. The Bertz CT molecular complexity index is 651. The number of anilines is 1. The van der Waals surface area contributed by atoms with Crippen LogP contribution in [0.5, 0.6) is 0 Å². The molecule has 2 aromatic rings. The predicted octanol–water partition coefficient (Wildman–Crippen LogP) is 0.485. The highest BCUT2D eigenvalue weighted by molar-refractivity contribution is 5.90.